The average Bonchev–Trinajstić information content (AvgIpc) is 3.25. The first kappa shape index (κ1) is 20.2. The lowest BCUT2D eigenvalue weighted by Crippen LogP contribution is -2.39. The molecular weight excluding hydrogens is 378 g/mol. The van der Waals surface area contributed by atoms with Crippen molar-refractivity contribution in [2.75, 3.05) is 0 Å². The van der Waals surface area contributed by atoms with E-state index in [0.717, 1.165) is 36.4 Å². The van der Waals surface area contributed by atoms with E-state index in [0.29, 0.717) is 17.7 Å². The first-order chi connectivity index (χ1) is 14.4. The van der Waals surface area contributed by atoms with Gasteiger partial charge in [-0.15, -0.1) is 0 Å². The van der Waals surface area contributed by atoms with Crippen molar-refractivity contribution >= 4 is 16.9 Å². The Morgan fingerprint density at radius 1 is 1.07 bits per heavy atom. The molecule has 0 radical (unpaired) electrons. The molecule has 0 N–H and O–H groups in total. The quantitative estimate of drug-likeness (QED) is 0.492. The van der Waals surface area contributed by atoms with Crippen molar-refractivity contribution < 1.29 is 0 Å². The third kappa shape index (κ3) is 3.00. The lowest BCUT2D eigenvalue weighted by Gasteiger charge is -2.13. The highest BCUT2D eigenvalue weighted by atomic mass is 16.2. The zero-order valence-electron chi connectivity index (χ0n) is 18.3. The summed E-state index contributed by atoms with van der Waals surface area (Å²) in [7, 11) is 1.69. The smallest absolute Gasteiger partial charge is 0.311 e. The number of aromatic nitrogens is 5. The molecule has 4 rings (SSSR count). The Kier molecular flexibility index (Phi) is 5.13. The molecule has 7 nitrogen and oxygen atoms in total. The molecule has 0 amide bonds. The largest absolute Gasteiger partial charge is 0.332 e. The van der Waals surface area contributed by atoms with Crippen LogP contribution in [0, 0.1) is 13.8 Å². The van der Waals surface area contributed by atoms with E-state index < -0.39 is 0 Å². The second-order valence-electron chi connectivity index (χ2n) is 8.11. The summed E-state index contributed by atoms with van der Waals surface area (Å²) in [4.78, 5) is 31.1. The second-order valence-corrected chi connectivity index (χ2v) is 8.11. The van der Waals surface area contributed by atoms with Crippen LogP contribution < -0.4 is 11.2 Å². The molecule has 0 spiro atoms. The van der Waals surface area contributed by atoms with Gasteiger partial charge in [-0.2, -0.15) is 4.98 Å². The van der Waals surface area contributed by atoms with Gasteiger partial charge >= 0.3 is 5.69 Å². The predicted molar refractivity (Wildman–Crippen MR) is 119 cm³/mol. The van der Waals surface area contributed by atoms with Gasteiger partial charge in [-0.25, -0.2) is 4.79 Å². The van der Waals surface area contributed by atoms with Crippen LogP contribution in [-0.4, -0.2) is 23.1 Å². The zero-order chi connectivity index (χ0) is 21.6. The van der Waals surface area contributed by atoms with Crippen LogP contribution in [0.15, 0.2) is 39.9 Å². The standard InChI is InChI=1S/C23H29N5O2/c1-6-15(2)27-16(3)17(4)28-19-20(24-22(27)28)25(5)23(30)26(21(19)29)14-10-13-18-11-8-7-9-12-18/h7-9,11-12,15H,6,10,13-14H2,1-5H3. The van der Waals surface area contributed by atoms with E-state index >= 15 is 0 Å². The topological polar surface area (TPSA) is 66.2 Å². The molecule has 0 aliphatic heterocycles. The van der Waals surface area contributed by atoms with E-state index in [4.69, 9.17) is 4.98 Å². The molecule has 4 aromatic rings. The summed E-state index contributed by atoms with van der Waals surface area (Å²) in [5.74, 6) is 0.725. The minimum absolute atomic E-state index is 0.253. The fourth-order valence-electron chi connectivity index (χ4n) is 4.27. The minimum atomic E-state index is -0.314. The number of rotatable bonds is 6. The van der Waals surface area contributed by atoms with Gasteiger partial charge in [0.15, 0.2) is 11.2 Å². The van der Waals surface area contributed by atoms with Crippen LogP contribution in [0.2, 0.25) is 0 Å². The van der Waals surface area contributed by atoms with Crippen molar-refractivity contribution in [1.29, 1.82) is 0 Å². The van der Waals surface area contributed by atoms with Gasteiger partial charge in [-0.3, -0.25) is 18.3 Å². The van der Waals surface area contributed by atoms with Gasteiger partial charge in [0.1, 0.15) is 0 Å². The van der Waals surface area contributed by atoms with Crippen LogP contribution >= 0.6 is 0 Å². The SMILES string of the molecule is CCC(C)n1c(C)c(C)n2c3c(=O)n(CCCc4ccccc4)c(=O)n(C)c3nc12. The molecule has 3 heterocycles. The fraction of sp³-hybridized carbons (Fsp3) is 0.435. The second kappa shape index (κ2) is 7.63. The third-order valence-corrected chi connectivity index (χ3v) is 6.28. The van der Waals surface area contributed by atoms with E-state index in [9.17, 15) is 9.59 Å². The van der Waals surface area contributed by atoms with E-state index in [1.165, 1.54) is 14.7 Å². The number of hydrogen-bond acceptors (Lipinski definition) is 3. The molecular formula is C23H29N5O2. The summed E-state index contributed by atoms with van der Waals surface area (Å²) in [5.41, 5.74) is 3.63. The molecule has 158 valence electrons. The Morgan fingerprint density at radius 2 is 1.77 bits per heavy atom. The molecule has 0 aliphatic rings. The maximum atomic E-state index is 13.4. The maximum Gasteiger partial charge on any atom is 0.332 e. The van der Waals surface area contributed by atoms with E-state index in [2.05, 4.69) is 37.5 Å². The van der Waals surface area contributed by atoms with Crippen LogP contribution in [0.25, 0.3) is 16.9 Å². The molecule has 30 heavy (non-hydrogen) atoms. The predicted octanol–water partition coefficient (Wildman–Crippen LogP) is 3.37. The van der Waals surface area contributed by atoms with Gasteiger partial charge in [-0.1, -0.05) is 37.3 Å². The Balaban J connectivity index is 1.86. The molecule has 3 aromatic heterocycles. The summed E-state index contributed by atoms with van der Waals surface area (Å²) in [5, 5.41) is 0. The summed E-state index contributed by atoms with van der Waals surface area (Å²) in [6.45, 7) is 8.73. The Hall–Kier alpha value is -3.09. The first-order valence-corrected chi connectivity index (χ1v) is 10.6. The number of benzene rings is 1. The zero-order valence-corrected chi connectivity index (χ0v) is 18.3. The number of imidazole rings is 2. The minimum Gasteiger partial charge on any atom is -0.311 e. The van der Waals surface area contributed by atoms with Crippen molar-refractivity contribution in [1.82, 2.24) is 23.1 Å². The van der Waals surface area contributed by atoms with Crippen molar-refractivity contribution in [3.05, 3.63) is 68.1 Å². The van der Waals surface area contributed by atoms with Crippen LogP contribution in [-0.2, 0) is 20.0 Å². The van der Waals surface area contributed by atoms with Crippen molar-refractivity contribution in [2.45, 2.75) is 59.5 Å². The summed E-state index contributed by atoms with van der Waals surface area (Å²) >= 11 is 0. The van der Waals surface area contributed by atoms with Crippen LogP contribution in [0.1, 0.15) is 49.7 Å². The number of hydrogen-bond donors (Lipinski definition) is 0. The lowest BCUT2D eigenvalue weighted by molar-refractivity contribution is 0.532. The molecule has 1 atom stereocenters. The van der Waals surface area contributed by atoms with Crippen LogP contribution in [0.4, 0.5) is 0 Å². The van der Waals surface area contributed by atoms with Crippen LogP contribution in [0.3, 0.4) is 0 Å². The van der Waals surface area contributed by atoms with Gasteiger partial charge < -0.3 is 4.57 Å². The van der Waals surface area contributed by atoms with Gasteiger partial charge in [-0.05, 0) is 45.6 Å². The highest BCUT2D eigenvalue weighted by Gasteiger charge is 2.23. The molecule has 7 heteroatoms. The molecule has 0 bridgehead atoms. The molecule has 1 unspecified atom stereocenters. The number of fused-ring (bicyclic) bond motifs is 3. The molecule has 1 aromatic carbocycles. The van der Waals surface area contributed by atoms with Gasteiger partial charge in [0.2, 0.25) is 5.78 Å². The third-order valence-electron chi connectivity index (χ3n) is 6.28. The highest BCUT2D eigenvalue weighted by molar-refractivity contribution is 5.76. The van der Waals surface area contributed by atoms with E-state index in [1.54, 1.807) is 7.05 Å². The summed E-state index contributed by atoms with van der Waals surface area (Å²) in [6.07, 6.45) is 2.49. The summed E-state index contributed by atoms with van der Waals surface area (Å²) in [6, 6.07) is 10.4. The molecule has 0 fully saturated rings. The molecule has 0 saturated carbocycles. The number of nitrogens with zero attached hydrogens (tertiary/aromatic N) is 5. The highest BCUT2D eigenvalue weighted by Crippen LogP contribution is 2.25. The van der Waals surface area contributed by atoms with Crippen molar-refractivity contribution in [3.63, 3.8) is 0 Å². The normalized spacial score (nSPS) is 12.8. The van der Waals surface area contributed by atoms with Gasteiger partial charge in [0, 0.05) is 31.0 Å². The first-order valence-electron chi connectivity index (χ1n) is 10.6. The summed E-state index contributed by atoms with van der Waals surface area (Å²) < 4.78 is 6.95. The fourth-order valence-corrected chi connectivity index (χ4v) is 4.27. The Labute approximate surface area is 175 Å². The monoisotopic (exact) mass is 407 g/mol. The lowest BCUT2D eigenvalue weighted by atomic mass is 10.1. The van der Waals surface area contributed by atoms with Crippen LogP contribution in [0.5, 0.6) is 0 Å². The van der Waals surface area contributed by atoms with E-state index in [-0.39, 0.29) is 17.3 Å². The Morgan fingerprint density at radius 3 is 2.43 bits per heavy atom. The van der Waals surface area contributed by atoms with Crippen molar-refractivity contribution in [3.8, 4) is 0 Å². The molecule has 0 aliphatic carbocycles. The Bertz CT molecular complexity index is 1340. The molecule has 0 saturated heterocycles. The average molecular weight is 408 g/mol. The van der Waals surface area contributed by atoms with Gasteiger partial charge in [0.05, 0.1) is 0 Å². The van der Waals surface area contributed by atoms with Gasteiger partial charge in [0.25, 0.3) is 5.56 Å². The van der Waals surface area contributed by atoms with E-state index in [1.807, 2.05) is 29.5 Å². The number of aryl methyl sites for hydroxylation is 3. The van der Waals surface area contributed by atoms with Crippen molar-refractivity contribution in [2.24, 2.45) is 7.05 Å². The maximum absolute atomic E-state index is 13.4.